The molecule has 6 nitrogen and oxygen atoms in total. The van der Waals surface area contributed by atoms with E-state index in [1.54, 1.807) is 0 Å². The van der Waals surface area contributed by atoms with Gasteiger partial charge in [0.25, 0.3) is 0 Å². The first-order valence-corrected chi connectivity index (χ1v) is 29.5. The van der Waals surface area contributed by atoms with E-state index in [0.29, 0.717) is 0 Å². The molecule has 0 saturated heterocycles. The van der Waals surface area contributed by atoms with Crippen molar-refractivity contribution in [3.05, 3.63) is 0 Å². The van der Waals surface area contributed by atoms with Crippen LogP contribution in [0.25, 0.3) is 0 Å². The van der Waals surface area contributed by atoms with Gasteiger partial charge < -0.3 is 4.89 Å². The highest BCUT2D eigenvalue weighted by Crippen LogP contribution is 2.44. The molecule has 0 aliphatic heterocycles. The molecule has 2 unspecified atom stereocenters. The van der Waals surface area contributed by atoms with Crippen LogP contribution in [0.5, 0.6) is 0 Å². The second-order valence-corrected chi connectivity index (χ2v) is 20.8. The molecule has 0 fully saturated rings. The molecule has 0 aliphatic rings. The maximum Gasteiger partial charge on any atom is 0.472 e. The third kappa shape index (κ3) is 41.2. The number of unbranched alkanes of at least 4 members (excludes halogenated alkanes) is 32. The van der Waals surface area contributed by atoms with Gasteiger partial charge in [-0.2, -0.15) is 0 Å². The van der Waals surface area contributed by atoms with Crippen LogP contribution in [0.2, 0.25) is 0 Å². The highest BCUT2D eigenvalue weighted by atomic mass is 31.2. The third-order valence-electron chi connectivity index (χ3n) is 13.4. The average molecular weight is 885 g/mol. The predicted molar refractivity (Wildman–Crippen MR) is 271 cm³/mol. The van der Waals surface area contributed by atoms with Crippen molar-refractivity contribution in [1.29, 1.82) is 0 Å². The predicted octanol–water partition coefficient (Wildman–Crippen LogP) is 18.2. The number of phosphoric acid groups is 1. The quantitative estimate of drug-likeness (QED) is 0.0485. The van der Waals surface area contributed by atoms with Crippen molar-refractivity contribution in [3.8, 4) is 0 Å². The van der Waals surface area contributed by atoms with Gasteiger partial charge in [-0.15, -0.1) is 0 Å². The first-order chi connectivity index (χ1) is 29.9. The summed E-state index contributed by atoms with van der Waals surface area (Å²) in [5.74, 6) is 0. The van der Waals surface area contributed by atoms with Crippen LogP contribution in [0.4, 0.5) is 0 Å². The maximum absolute atomic E-state index is 13.9. The summed E-state index contributed by atoms with van der Waals surface area (Å²) >= 11 is 0. The summed E-state index contributed by atoms with van der Waals surface area (Å²) in [6, 6.07) is 0.317. The summed E-state index contributed by atoms with van der Waals surface area (Å²) in [5, 5.41) is 0. The molecule has 61 heavy (non-hydrogen) atoms. The van der Waals surface area contributed by atoms with Crippen LogP contribution in [0.1, 0.15) is 298 Å². The Hall–Kier alpha value is 0.0300. The minimum absolute atomic E-state index is 0.159. The summed E-state index contributed by atoms with van der Waals surface area (Å²) < 4.78 is 26.2. The molecule has 0 heterocycles. The van der Waals surface area contributed by atoms with Crippen molar-refractivity contribution < 1.29 is 18.5 Å². The van der Waals surface area contributed by atoms with Crippen LogP contribution in [0.3, 0.4) is 0 Å². The zero-order valence-corrected chi connectivity index (χ0v) is 43.6. The van der Waals surface area contributed by atoms with Gasteiger partial charge in [-0.05, 0) is 64.7 Å². The van der Waals surface area contributed by atoms with Gasteiger partial charge in [0.1, 0.15) is 0 Å². The number of phosphoric ester groups is 1. The summed E-state index contributed by atoms with van der Waals surface area (Å²) in [5.41, 5.74) is 0. The smallest absolute Gasteiger partial charge is 0.302 e. The van der Waals surface area contributed by atoms with Gasteiger partial charge in [0.15, 0.2) is 0 Å². The van der Waals surface area contributed by atoms with Crippen molar-refractivity contribution in [3.63, 3.8) is 0 Å². The van der Waals surface area contributed by atoms with Gasteiger partial charge in [-0.25, -0.2) is 4.57 Å². The molecule has 2 atom stereocenters. The number of nitrogens with zero attached hydrogens (tertiary/aromatic N) is 2. The monoisotopic (exact) mass is 885 g/mol. The molecule has 0 radical (unpaired) electrons. The summed E-state index contributed by atoms with van der Waals surface area (Å²) in [7, 11) is -4.23. The Kier molecular flexibility index (Phi) is 48.0. The average Bonchev–Trinajstić information content (AvgIpc) is 3.25. The highest BCUT2D eigenvalue weighted by Gasteiger charge is 2.29. The molecular weight excluding hydrogens is 772 g/mol. The normalized spacial score (nSPS) is 14.0. The van der Waals surface area contributed by atoms with E-state index < -0.39 is 7.82 Å². The molecule has 1 N–H and O–H groups in total. The number of hydrogen-bond acceptors (Lipinski definition) is 5. The van der Waals surface area contributed by atoms with Crippen molar-refractivity contribution >= 4 is 7.82 Å². The Morgan fingerprint density at radius 3 is 0.754 bits per heavy atom. The molecule has 0 aliphatic carbocycles. The van der Waals surface area contributed by atoms with E-state index in [1.165, 1.54) is 231 Å². The molecule has 0 rings (SSSR count). The van der Waals surface area contributed by atoms with E-state index in [1.807, 2.05) is 0 Å². The van der Waals surface area contributed by atoms with E-state index in [4.69, 9.17) is 9.05 Å². The Bertz CT molecular complexity index is 795. The molecular formula is C54H113N2O4P. The number of hydrogen-bond donors (Lipinski definition) is 1. The first-order valence-electron chi connectivity index (χ1n) is 28.0. The lowest BCUT2D eigenvalue weighted by atomic mass is 10.0. The maximum atomic E-state index is 13.9. The lowest BCUT2D eigenvalue weighted by molar-refractivity contribution is 0.0642. The van der Waals surface area contributed by atoms with Gasteiger partial charge in [-0.3, -0.25) is 18.8 Å². The fourth-order valence-corrected chi connectivity index (χ4v) is 9.94. The highest BCUT2D eigenvalue weighted by molar-refractivity contribution is 7.47. The molecule has 0 bridgehead atoms. The number of rotatable bonds is 52. The van der Waals surface area contributed by atoms with Crippen molar-refractivity contribution in [2.24, 2.45) is 0 Å². The Morgan fingerprint density at radius 1 is 0.328 bits per heavy atom. The molecule has 0 aromatic heterocycles. The Balaban J connectivity index is 5.94. The fraction of sp³-hybridized carbons (Fsp3) is 1.00. The first kappa shape index (κ1) is 61.0. The van der Waals surface area contributed by atoms with E-state index in [9.17, 15) is 9.46 Å². The van der Waals surface area contributed by atoms with Gasteiger partial charge in [0.2, 0.25) is 0 Å². The molecule has 0 spiro atoms. The van der Waals surface area contributed by atoms with Crippen LogP contribution >= 0.6 is 7.82 Å². The molecule has 368 valence electrons. The molecule has 7 heteroatoms. The van der Waals surface area contributed by atoms with Gasteiger partial charge in [-0.1, -0.05) is 260 Å². The fourth-order valence-electron chi connectivity index (χ4n) is 9.15. The second-order valence-electron chi connectivity index (χ2n) is 19.3. The van der Waals surface area contributed by atoms with Gasteiger partial charge >= 0.3 is 7.82 Å². The molecule has 0 aromatic carbocycles. The third-order valence-corrected chi connectivity index (χ3v) is 14.3. The van der Waals surface area contributed by atoms with E-state index in [2.05, 4.69) is 51.3 Å². The van der Waals surface area contributed by atoms with Gasteiger partial charge in [0.05, 0.1) is 13.2 Å². The summed E-state index contributed by atoms with van der Waals surface area (Å²) in [6.07, 6.45) is 50.9. The summed E-state index contributed by atoms with van der Waals surface area (Å²) in [6.45, 7) is 18.6. The lowest BCUT2D eigenvalue weighted by Crippen LogP contribution is -2.41. The lowest BCUT2D eigenvalue weighted by Gasteiger charge is -2.34. The minimum atomic E-state index is -4.23. The van der Waals surface area contributed by atoms with E-state index >= 15 is 0 Å². The van der Waals surface area contributed by atoms with E-state index in [-0.39, 0.29) is 25.3 Å². The Morgan fingerprint density at radius 2 is 0.525 bits per heavy atom. The van der Waals surface area contributed by atoms with Gasteiger partial charge in [0, 0.05) is 12.1 Å². The standard InChI is InChI=1S/C54H113N2O4P/c1-7-13-19-25-31-33-39-45-53(55(47-41-35-27-21-15-9-3)48-42-36-28-22-16-10-4)51-59-61(57,58)60-52-54(46-40-34-32-26-20-14-8-2)56(49-43-37-29-23-17-11-5)50-44-38-30-24-18-12-6/h53-54H,7-52H2,1-6H3,(H,57,58). The molecule has 0 amide bonds. The zero-order valence-electron chi connectivity index (χ0n) is 42.7. The molecule has 0 saturated carbocycles. The van der Waals surface area contributed by atoms with Crippen molar-refractivity contribution in [2.75, 3.05) is 39.4 Å². The van der Waals surface area contributed by atoms with E-state index in [0.717, 1.165) is 51.9 Å². The minimum Gasteiger partial charge on any atom is -0.302 e. The van der Waals surface area contributed by atoms with Crippen LogP contribution in [0, 0.1) is 0 Å². The van der Waals surface area contributed by atoms with Crippen molar-refractivity contribution in [2.45, 2.75) is 310 Å². The van der Waals surface area contributed by atoms with Crippen LogP contribution in [-0.2, 0) is 13.6 Å². The van der Waals surface area contributed by atoms with Crippen LogP contribution < -0.4 is 0 Å². The van der Waals surface area contributed by atoms with Crippen molar-refractivity contribution in [1.82, 2.24) is 9.80 Å². The topological polar surface area (TPSA) is 62.2 Å². The van der Waals surface area contributed by atoms with Crippen LogP contribution in [-0.4, -0.2) is 66.2 Å². The molecule has 0 aromatic rings. The van der Waals surface area contributed by atoms with Crippen LogP contribution in [0.15, 0.2) is 0 Å². The largest absolute Gasteiger partial charge is 0.472 e. The second kappa shape index (κ2) is 48.0. The Labute approximate surface area is 384 Å². The zero-order chi connectivity index (χ0) is 44.8. The summed E-state index contributed by atoms with van der Waals surface area (Å²) in [4.78, 5) is 16.7. The SMILES string of the molecule is CCCCCCCCCC(COP(=O)(O)OCC(CCCCCCCCC)N(CCCCCCCC)CCCCCCCC)N(CCCCCCCC)CCCCCCCC.